The molecular weight excluding hydrogens is 497 g/mol. The predicted molar refractivity (Wildman–Crippen MR) is 116 cm³/mol. The number of hydrogen-bond acceptors (Lipinski definition) is 10. The molecule has 0 saturated carbocycles. The second-order valence-electron chi connectivity index (χ2n) is 7.23. The average Bonchev–Trinajstić information content (AvgIpc) is 2.69. The van der Waals surface area contributed by atoms with Crippen molar-refractivity contribution in [3.05, 3.63) is 33.8 Å². The summed E-state index contributed by atoms with van der Waals surface area (Å²) in [7, 11) is 0. The van der Waals surface area contributed by atoms with Gasteiger partial charge in [0, 0.05) is 32.7 Å². The molecule has 186 valence electrons. The predicted octanol–water partition coefficient (Wildman–Crippen LogP) is 1.81. The van der Waals surface area contributed by atoms with Crippen molar-refractivity contribution < 1.29 is 47.7 Å². The minimum atomic E-state index is -1.51. The number of carbonyl (C=O) groups excluding carboxylic acids is 5. The third-order valence-electron chi connectivity index (χ3n) is 4.46. The molecule has 0 aliphatic carbocycles. The molecular formula is C21H23Cl2NO10. The average molecular weight is 520 g/mol. The highest BCUT2D eigenvalue weighted by Gasteiger charge is 2.52. The van der Waals surface area contributed by atoms with Crippen molar-refractivity contribution in [3.63, 3.8) is 0 Å². The zero-order valence-corrected chi connectivity index (χ0v) is 20.2. The number of benzene rings is 1. The van der Waals surface area contributed by atoms with Crippen LogP contribution in [0.1, 0.15) is 38.1 Å². The van der Waals surface area contributed by atoms with Gasteiger partial charge in [-0.3, -0.25) is 24.0 Å². The number of esters is 4. The van der Waals surface area contributed by atoms with Gasteiger partial charge in [-0.1, -0.05) is 23.2 Å². The van der Waals surface area contributed by atoms with E-state index < -0.39 is 67.0 Å². The van der Waals surface area contributed by atoms with Crippen LogP contribution in [0.3, 0.4) is 0 Å². The van der Waals surface area contributed by atoms with Crippen LogP contribution in [0.5, 0.6) is 0 Å². The zero-order chi connectivity index (χ0) is 25.6. The SMILES string of the molecule is CC(=O)OC[C@@H]1O[C@H](OC(C)=O)[C@H](NC(=O)c2ccc(Cl)cc2Cl)[C@@H](OC(C)=O)[C@H]1OC(C)=O. The zero-order valence-electron chi connectivity index (χ0n) is 18.7. The van der Waals surface area contributed by atoms with E-state index in [9.17, 15) is 24.0 Å². The number of rotatable bonds is 7. The van der Waals surface area contributed by atoms with Crippen LogP contribution < -0.4 is 5.32 Å². The molecule has 1 N–H and O–H groups in total. The number of nitrogens with one attached hydrogen (secondary N) is 1. The Kier molecular flexibility index (Phi) is 9.66. The molecule has 0 unspecified atom stereocenters. The third kappa shape index (κ3) is 7.57. The van der Waals surface area contributed by atoms with Gasteiger partial charge in [-0.15, -0.1) is 0 Å². The summed E-state index contributed by atoms with van der Waals surface area (Å²) in [6.07, 6.45) is -5.44. The molecule has 1 heterocycles. The molecule has 0 radical (unpaired) electrons. The van der Waals surface area contributed by atoms with Gasteiger partial charge in [0.2, 0.25) is 6.29 Å². The molecule has 11 nitrogen and oxygen atoms in total. The third-order valence-corrected chi connectivity index (χ3v) is 5.00. The van der Waals surface area contributed by atoms with Crippen LogP contribution >= 0.6 is 23.2 Å². The van der Waals surface area contributed by atoms with E-state index in [1.54, 1.807) is 0 Å². The van der Waals surface area contributed by atoms with E-state index in [1.165, 1.54) is 18.2 Å². The quantitative estimate of drug-likeness (QED) is 0.418. The number of ether oxygens (including phenoxy) is 5. The van der Waals surface area contributed by atoms with E-state index in [2.05, 4.69) is 5.32 Å². The van der Waals surface area contributed by atoms with Crippen molar-refractivity contribution in [1.82, 2.24) is 5.32 Å². The minimum absolute atomic E-state index is 0.0142. The molecule has 0 spiro atoms. The van der Waals surface area contributed by atoms with Gasteiger partial charge < -0.3 is 29.0 Å². The minimum Gasteiger partial charge on any atom is -0.463 e. The van der Waals surface area contributed by atoms with E-state index in [4.69, 9.17) is 46.9 Å². The van der Waals surface area contributed by atoms with Crippen LogP contribution in [-0.4, -0.2) is 67.0 Å². The summed E-state index contributed by atoms with van der Waals surface area (Å²) in [4.78, 5) is 59.7. The van der Waals surface area contributed by atoms with Crippen LogP contribution in [-0.2, 0) is 42.9 Å². The Hall–Kier alpha value is -2.89. The lowest BCUT2D eigenvalue weighted by molar-refractivity contribution is -0.270. The van der Waals surface area contributed by atoms with Crippen LogP contribution in [0, 0.1) is 0 Å². The summed E-state index contributed by atoms with van der Waals surface area (Å²) < 4.78 is 26.5. The Labute approximate surface area is 204 Å². The molecule has 1 aliphatic rings. The van der Waals surface area contributed by atoms with E-state index in [0.717, 1.165) is 27.7 Å². The largest absolute Gasteiger partial charge is 0.463 e. The highest BCUT2D eigenvalue weighted by atomic mass is 35.5. The summed E-state index contributed by atoms with van der Waals surface area (Å²) in [5.74, 6) is -3.75. The van der Waals surface area contributed by atoms with Crippen LogP contribution in [0.15, 0.2) is 18.2 Å². The van der Waals surface area contributed by atoms with E-state index in [0.29, 0.717) is 5.02 Å². The van der Waals surface area contributed by atoms with Crippen molar-refractivity contribution in [2.24, 2.45) is 0 Å². The summed E-state index contributed by atoms with van der Waals surface area (Å²) in [5.41, 5.74) is 0.0142. The van der Waals surface area contributed by atoms with Gasteiger partial charge in [0.15, 0.2) is 12.2 Å². The Morgan fingerprint density at radius 1 is 0.882 bits per heavy atom. The fraction of sp³-hybridized carbons (Fsp3) is 0.476. The van der Waals surface area contributed by atoms with Crippen LogP contribution in [0.2, 0.25) is 10.0 Å². The van der Waals surface area contributed by atoms with Gasteiger partial charge in [0.25, 0.3) is 5.91 Å². The summed E-state index contributed by atoms with van der Waals surface area (Å²) in [6, 6.07) is 2.80. The highest BCUT2D eigenvalue weighted by Crippen LogP contribution is 2.29. The first-order valence-electron chi connectivity index (χ1n) is 9.95. The van der Waals surface area contributed by atoms with Gasteiger partial charge in [0.05, 0.1) is 10.6 Å². The van der Waals surface area contributed by atoms with Gasteiger partial charge in [-0.05, 0) is 18.2 Å². The van der Waals surface area contributed by atoms with Crippen molar-refractivity contribution in [3.8, 4) is 0 Å². The summed E-state index contributed by atoms with van der Waals surface area (Å²) in [6.45, 7) is 4.02. The fourth-order valence-electron chi connectivity index (χ4n) is 3.22. The molecule has 1 saturated heterocycles. The first-order chi connectivity index (χ1) is 15.9. The molecule has 2 rings (SSSR count). The molecule has 1 amide bonds. The number of hydrogen-bond donors (Lipinski definition) is 1. The maximum atomic E-state index is 13.0. The molecule has 1 fully saturated rings. The molecule has 1 aromatic rings. The van der Waals surface area contributed by atoms with E-state index in [-0.39, 0.29) is 10.6 Å². The molecule has 13 heteroatoms. The molecule has 1 aliphatic heterocycles. The van der Waals surface area contributed by atoms with Crippen molar-refractivity contribution >= 4 is 53.0 Å². The second-order valence-corrected chi connectivity index (χ2v) is 8.07. The van der Waals surface area contributed by atoms with Crippen molar-refractivity contribution in [1.29, 1.82) is 0 Å². The van der Waals surface area contributed by atoms with Crippen molar-refractivity contribution in [2.75, 3.05) is 6.61 Å². The van der Waals surface area contributed by atoms with Gasteiger partial charge in [-0.2, -0.15) is 0 Å². The van der Waals surface area contributed by atoms with Crippen LogP contribution in [0.25, 0.3) is 0 Å². The normalized spacial score (nSPS) is 23.9. The molecule has 0 bridgehead atoms. The lowest BCUT2D eigenvalue weighted by Gasteiger charge is -2.44. The topological polar surface area (TPSA) is 144 Å². The fourth-order valence-corrected chi connectivity index (χ4v) is 3.72. The summed E-state index contributed by atoms with van der Waals surface area (Å²) >= 11 is 12.0. The Balaban J connectivity index is 2.48. The molecule has 5 atom stereocenters. The molecule has 1 aromatic carbocycles. The number of halogens is 2. The maximum absolute atomic E-state index is 13.0. The number of carbonyl (C=O) groups is 5. The van der Waals surface area contributed by atoms with Crippen molar-refractivity contribution in [2.45, 2.75) is 58.3 Å². The summed E-state index contributed by atoms with van der Waals surface area (Å²) in [5, 5.41) is 2.87. The van der Waals surface area contributed by atoms with Gasteiger partial charge in [0.1, 0.15) is 18.8 Å². The lowest BCUT2D eigenvalue weighted by atomic mass is 9.95. The molecule has 0 aromatic heterocycles. The smallest absolute Gasteiger partial charge is 0.305 e. The first kappa shape index (κ1) is 27.4. The first-order valence-corrected chi connectivity index (χ1v) is 10.7. The number of amides is 1. The Morgan fingerprint density at radius 2 is 1.47 bits per heavy atom. The Bertz CT molecular complexity index is 969. The Morgan fingerprint density at radius 3 is 2.00 bits per heavy atom. The lowest BCUT2D eigenvalue weighted by Crippen LogP contribution is -2.67. The highest BCUT2D eigenvalue weighted by molar-refractivity contribution is 6.36. The standard InChI is InChI=1S/C21H23Cl2NO10/c1-9(25)30-8-16-18(31-10(2)26)19(32-11(3)27)17(21(34-16)33-12(4)28)24-20(29)14-6-5-13(22)7-15(14)23/h5-7,16-19,21H,8H2,1-4H3,(H,24,29)/t16-,17+,18-,19+,21-/m0/s1. The maximum Gasteiger partial charge on any atom is 0.305 e. The van der Waals surface area contributed by atoms with Gasteiger partial charge in [-0.25, -0.2) is 0 Å². The van der Waals surface area contributed by atoms with Gasteiger partial charge >= 0.3 is 23.9 Å². The van der Waals surface area contributed by atoms with Crippen LogP contribution in [0.4, 0.5) is 0 Å². The second kappa shape index (κ2) is 12.0. The van der Waals surface area contributed by atoms with E-state index >= 15 is 0 Å². The molecule has 34 heavy (non-hydrogen) atoms. The van der Waals surface area contributed by atoms with E-state index in [1.807, 2.05) is 0 Å². The monoisotopic (exact) mass is 519 g/mol.